The molecule has 0 radical (unpaired) electrons. The van der Waals surface area contributed by atoms with E-state index >= 15 is 0 Å². The third-order valence-corrected chi connectivity index (χ3v) is 2.72. The van der Waals surface area contributed by atoms with Gasteiger partial charge in [-0.1, -0.05) is 6.07 Å². The summed E-state index contributed by atoms with van der Waals surface area (Å²) in [6.45, 7) is -0.444. The minimum atomic E-state index is -4.58. The summed E-state index contributed by atoms with van der Waals surface area (Å²) in [6, 6.07) is 6.00. The molecule has 0 heterocycles. The van der Waals surface area contributed by atoms with Crippen LogP contribution in [0, 0.1) is 11.6 Å². The Morgan fingerprint density at radius 2 is 1.67 bits per heavy atom. The molecule has 2 N–H and O–H groups in total. The van der Waals surface area contributed by atoms with Crippen LogP contribution in [-0.4, -0.2) is 0 Å². The summed E-state index contributed by atoms with van der Waals surface area (Å²) in [4.78, 5) is 0. The number of halogens is 5. The van der Waals surface area contributed by atoms with Gasteiger partial charge in [0.2, 0.25) is 0 Å². The lowest BCUT2D eigenvalue weighted by Gasteiger charge is -2.14. The summed E-state index contributed by atoms with van der Waals surface area (Å²) >= 11 is 0. The lowest BCUT2D eigenvalue weighted by molar-refractivity contribution is -0.138. The number of nitrogens with two attached hydrogens (primary N) is 1. The van der Waals surface area contributed by atoms with E-state index in [4.69, 9.17) is 10.5 Å². The summed E-state index contributed by atoms with van der Waals surface area (Å²) in [5, 5.41) is 0. The van der Waals surface area contributed by atoms with Gasteiger partial charge < -0.3 is 10.5 Å². The van der Waals surface area contributed by atoms with Crippen LogP contribution in [-0.2, 0) is 12.8 Å². The van der Waals surface area contributed by atoms with Gasteiger partial charge in [0.25, 0.3) is 0 Å². The van der Waals surface area contributed by atoms with E-state index in [0.29, 0.717) is 0 Å². The smallest absolute Gasteiger partial charge is 0.416 e. The number of hydrogen-bond donors (Lipinski definition) is 1. The van der Waals surface area contributed by atoms with Crippen LogP contribution in [0.15, 0.2) is 36.4 Å². The van der Waals surface area contributed by atoms with Crippen LogP contribution < -0.4 is 10.5 Å². The summed E-state index contributed by atoms with van der Waals surface area (Å²) in [6.07, 6.45) is -4.58. The number of benzene rings is 2. The van der Waals surface area contributed by atoms with Gasteiger partial charge in [-0.2, -0.15) is 13.2 Å². The van der Waals surface area contributed by atoms with E-state index in [-0.39, 0.29) is 17.0 Å². The molecule has 21 heavy (non-hydrogen) atoms. The maximum absolute atomic E-state index is 13.0. The molecule has 2 aromatic rings. The molecule has 2 nitrogen and oxygen atoms in total. The summed E-state index contributed by atoms with van der Waals surface area (Å²) in [5.74, 6) is -2.27. The van der Waals surface area contributed by atoms with Gasteiger partial charge in [0, 0.05) is 17.3 Å². The fourth-order valence-electron chi connectivity index (χ4n) is 1.71. The van der Waals surface area contributed by atoms with E-state index in [2.05, 4.69) is 0 Å². The fraction of sp³-hybridized carbons (Fsp3) is 0.143. The van der Waals surface area contributed by atoms with Crippen molar-refractivity contribution in [3.8, 4) is 5.75 Å². The molecule has 0 unspecified atom stereocenters. The van der Waals surface area contributed by atoms with Crippen LogP contribution in [0.25, 0.3) is 0 Å². The molecule has 2 rings (SSSR count). The monoisotopic (exact) mass is 303 g/mol. The molecular weight excluding hydrogens is 293 g/mol. The highest BCUT2D eigenvalue weighted by Crippen LogP contribution is 2.33. The van der Waals surface area contributed by atoms with Crippen molar-refractivity contribution >= 4 is 5.69 Å². The van der Waals surface area contributed by atoms with Gasteiger partial charge in [-0.3, -0.25) is 0 Å². The maximum Gasteiger partial charge on any atom is 0.416 e. The Labute approximate surface area is 116 Å². The number of anilines is 1. The van der Waals surface area contributed by atoms with E-state index in [1.807, 2.05) is 0 Å². The molecule has 0 aliphatic carbocycles. The topological polar surface area (TPSA) is 35.2 Å². The largest absolute Gasteiger partial charge is 0.489 e. The first-order valence-corrected chi connectivity index (χ1v) is 5.81. The molecule has 0 aliphatic rings. The Morgan fingerprint density at radius 3 is 2.29 bits per heavy atom. The molecule has 0 bridgehead atoms. The van der Waals surface area contributed by atoms with Crippen molar-refractivity contribution in [2.45, 2.75) is 12.8 Å². The van der Waals surface area contributed by atoms with Crippen LogP contribution in [0.2, 0.25) is 0 Å². The van der Waals surface area contributed by atoms with Crippen LogP contribution >= 0.6 is 0 Å². The van der Waals surface area contributed by atoms with Gasteiger partial charge in [-0.05, 0) is 24.3 Å². The Balaban J connectivity index is 2.22. The van der Waals surface area contributed by atoms with Gasteiger partial charge in [0.1, 0.15) is 12.4 Å². The van der Waals surface area contributed by atoms with Crippen molar-refractivity contribution < 1.29 is 26.7 Å². The first-order chi connectivity index (χ1) is 9.77. The third kappa shape index (κ3) is 3.62. The zero-order valence-electron chi connectivity index (χ0n) is 10.5. The van der Waals surface area contributed by atoms with Crippen LogP contribution in [0.4, 0.5) is 27.6 Å². The highest BCUT2D eigenvalue weighted by Gasteiger charge is 2.33. The molecule has 0 saturated heterocycles. The second kappa shape index (κ2) is 5.59. The standard InChI is InChI=1S/C14H10F5NO/c15-12-4-3-10(6-13(12)16)21-7-8-1-2-9(20)5-11(8)14(17,18)19/h1-6H,7,20H2. The second-order valence-corrected chi connectivity index (χ2v) is 4.28. The Kier molecular flexibility index (Phi) is 4.02. The van der Waals surface area contributed by atoms with Crippen molar-refractivity contribution in [3.05, 3.63) is 59.2 Å². The Hall–Kier alpha value is -2.31. The zero-order valence-corrected chi connectivity index (χ0v) is 10.5. The van der Waals surface area contributed by atoms with Crippen molar-refractivity contribution in [2.24, 2.45) is 0 Å². The number of nitrogen functional groups attached to an aromatic ring is 1. The number of rotatable bonds is 3. The highest BCUT2D eigenvalue weighted by molar-refractivity contribution is 5.46. The van der Waals surface area contributed by atoms with Crippen LogP contribution in [0.5, 0.6) is 5.75 Å². The summed E-state index contributed by atoms with van der Waals surface area (Å²) < 4.78 is 69.3. The molecular formula is C14H10F5NO. The number of alkyl halides is 3. The van der Waals surface area contributed by atoms with E-state index in [0.717, 1.165) is 24.3 Å². The normalized spacial score (nSPS) is 11.5. The highest BCUT2D eigenvalue weighted by atomic mass is 19.4. The van der Waals surface area contributed by atoms with E-state index < -0.39 is 30.0 Å². The molecule has 112 valence electrons. The van der Waals surface area contributed by atoms with E-state index in [9.17, 15) is 22.0 Å². The third-order valence-electron chi connectivity index (χ3n) is 2.72. The summed E-state index contributed by atoms with van der Waals surface area (Å²) in [7, 11) is 0. The average molecular weight is 303 g/mol. The van der Waals surface area contributed by atoms with Gasteiger partial charge in [0.05, 0.1) is 5.56 Å². The molecule has 2 aromatic carbocycles. The molecule has 0 spiro atoms. The van der Waals surface area contributed by atoms with Gasteiger partial charge in [-0.25, -0.2) is 8.78 Å². The van der Waals surface area contributed by atoms with Gasteiger partial charge in [0.15, 0.2) is 11.6 Å². The number of ether oxygens (including phenoxy) is 1. The Morgan fingerprint density at radius 1 is 0.952 bits per heavy atom. The lowest BCUT2D eigenvalue weighted by Crippen LogP contribution is -2.11. The first-order valence-electron chi connectivity index (χ1n) is 5.81. The minimum absolute atomic E-state index is 0.0288. The van der Waals surface area contributed by atoms with Crippen molar-refractivity contribution in [1.29, 1.82) is 0 Å². The predicted octanol–water partition coefficient (Wildman–Crippen LogP) is 4.14. The zero-order chi connectivity index (χ0) is 15.6. The molecule has 0 amide bonds. The van der Waals surface area contributed by atoms with Gasteiger partial charge >= 0.3 is 6.18 Å². The quantitative estimate of drug-likeness (QED) is 0.683. The summed E-state index contributed by atoms with van der Waals surface area (Å²) in [5.41, 5.74) is 4.23. The van der Waals surface area contributed by atoms with Crippen molar-refractivity contribution in [2.75, 3.05) is 5.73 Å². The van der Waals surface area contributed by atoms with E-state index in [1.165, 1.54) is 12.1 Å². The lowest BCUT2D eigenvalue weighted by atomic mass is 10.1. The molecule has 0 atom stereocenters. The number of hydrogen-bond acceptors (Lipinski definition) is 2. The van der Waals surface area contributed by atoms with Crippen molar-refractivity contribution in [3.63, 3.8) is 0 Å². The molecule has 0 fully saturated rings. The molecule has 0 aromatic heterocycles. The first kappa shape index (κ1) is 15.1. The van der Waals surface area contributed by atoms with Crippen LogP contribution in [0.3, 0.4) is 0 Å². The fourth-order valence-corrected chi connectivity index (χ4v) is 1.71. The Bertz CT molecular complexity index is 654. The van der Waals surface area contributed by atoms with Crippen molar-refractivity contribution in [1.82, 2.24) is 0 Å². The van der Waals surface area contributed by atoms with Crippen LogP contribution in [0.1, 0.15) is 11.1 Å². The molecule has 0 aliphatic heterocycles. The maximum atomic E-state index is 13.0. The minimum Gasteiger partial charge on any atom is -0.489 e. The van der Waals surface area contributed by atoms with Gasteiger partial charge in [-0.15, -0.1) is 0 Å². The second-order valence-electron chi connectivity index (χ2n) is 4.28. The molecule has 7 heteroatoms. The molecule has 0 saturated carbocycles. The van der Waals surface area contributed by atoms with E-state index in [1.54, 1.807) is 0 Å². The predicted molar refractivity (Wildman–Crippen MR) is 66.5 cm³/mol. The SMILES string of the molecule is Nc1ccc(COc2ccc(F)c(F)c2)c(C(F)(F)F)c1. The average Bonchev–Trinajstić information content (AvgIpc) is 2.40.